The molecule has 1 aliphatic heterocycles. The van der Waals surface area contributed by atoms with Gasteiger partial charge in [-0.1, -0.05) is 54.1 Å². The standard InChI is InChI=1S/C31H22ClF3N8/c32-25-11-22(10-24-28(20(13-36)14-37-30(24)25)40-23-12-26(34)31(35)38-15-23)39-29(19-6-8-21(33)9-7-19)27-17-43(42-41-27)16-18-4-2-1-3-5-18/h1-12,14-15,17,29,39,41-42H,16H2,(H,37,40). The van der Waals surface area contributed by atoms with Gasteiger partial charge in [0.1, 0.15) is 11.9 Å². The van der Waals surface area contributed by atoms with E-state index in [1.54, 1.807) is 24.3 Å². The van der Waals surface area contributed by atoms with Crippen LogP contribution in [0.25, 0.3) is 10.9 Å². The molecule has 12 heteroatoms. The fourth-order valence-electron chi connectivity index (χ4n) is 4.74. The lowest BCUT2D eigenvalue weighted by Crippen LogP contribution is -2.37. The molecule has 4 N–H and O–H groups in total. The van der Waals surface area contributed by atoms with Gasteiger partial charge in [0.25, 0.3) is 0 Å². The minimum Gasteiger partial charge on any atom is -0.373 e. The van der Waals surface area contributed by atoms with Crippen molar-refractivity contribution in [3.63, 3.8) is 0 Å². The number of pyridine rings is 2. The van der Waals surface area contributed by atoms with Gasteiger partial charge in [0.15, 0.2) is 5.82 Å². The summed E-state index contributed by atoms with van der Waals surface area (Å²) in [5.41, 5.74) is 10.4. The summed E-state index contributed by atoms with van der Waals surface area (Å²) in [6.45, 7) is 0.589. The lowest BCUT2D eigenvalue weighted by molar-refractivity contribution is 0.262. The molecule has 0 saturated carbocycles. The highest BCUT2D eigenvalue weighted by atomic mass is 35.5. The summed E-state index contributed by atoms with van der Waals surface area (Å²) < 4.78 is 41.2. The largest absolute Gasteiger partial charge is 0.373 e. The zero-order chi connectivity index (χ0) is 29.9. The van der Waals surface area contributed by atoms with Crippen molar-refractivity contribution >= 4 is 39.6 Å². The van der Waals surface area contributed by atoms with Crippen molar-refractivity contribution in [3.05, 3.63) is 136 Å². The molecule has 1 atom stereocenters. The Morgan fingerprint density at radius 2 is 1.74 bits per heavy atom. The minimum absolute atomic E-state index is 0.131. The molecule has 0 saturated heterocycles. The molecule has 3 heterocycles. The van der Waals surface area contributed by atoms with Crippen LogP contribution < -0.4 is 21.6 Å². The third-order valence-electron chi connectivity index (χ3n) is 6.77. The van der Waals surface area contributed by atoms with Crippen LogP contribution in [0.3, 0.4) is 0 Å². The van der Waals surface area contributed by atoms with E-state index in [0.29, 0.717) is 23.1 Å². The van der Waals surface area contributed by atoms with Gasteiger partial charge >= 0.3 is 0 Å². The van der Waals surface area contributed by atoms with Crippen molar-refractivity contribution in [1.29, 1.82) is 5.26 Å². The molecular formula is C31H22ClF3N8. The van der Waals surface area contributed by atoms with Crippen molar-refractivity contribution in [1.82, 2.24) is 25.9 Å². The Labute approximate surface area is 249 Å². The maximum Gasteiger partial charge on any atom is 0.249 e. The number of halogens is 4. The number of nitriles is 1. The number of benzene rings is 3. The Balaban J connectivity index is 1.38. The third kappa shape index (κ3) is 6.01. The van der Waals surface area contributed by atoms with E-state index in [4.69, 9.17) is 11.6 Å². The lowest BCUT2D eigenvalue weighted by Gasteiger charge is -2.22. The van der Waals surface area contributed by atoms with Crippen LogP contribution in [0.2, 0.25) is 5.02 Å². The molecule has 6 rings (SSSR count). The summed E-state index contributed by atoms with van der Waals surface area (Å²) in [5, 5.41) is 18.8. The van der Waals surface area contributed by atoms with E-state index in [1.807, 2.05) is 41.5 Å². The van der Waals surface area contributed by atoms with E-state index in [9.17, 15) is 18.4 Å². The number of hydrogen-bond acceptors (Lipinski definition) is 8. The van der Waals surface area contributed by atoms with Crippen LogP contribution in [-0.4, -0.2) is 15.0 Å². The monoisotopic (exact) mass is 598 g/mol. The number of anilines is 3. The van der Waals surface area contributed by atoms with Gasteiger partial charge in [0.2, 0.25) is 5.95 Å². The average Bonchev–Trinajstić information content (AvgIpc) is 3.47. The molecule has 43 heavy (non-hydrogen) atoms. The van der Waals surface area contributed by atoms with Gasteiger partial charge in [-0.05, 0) is 35.4 Å². The molecule has 0 fully saturated rings. The van der Waals surface area contributed by atoms with E-state index < -0.39 is 17.8 Å². The van der Waals surface area contributed by atoms with Crippen LogP contribution in [0.4, 0.5) is 30.2 Å². The Hall–Kier alpha value is -5.31. The molecule has 3 aromatic carbocycles. The van der Waals surface area contributed by atoms with Gasteiger partial charge in [-0.25, -0.2) is 13.8 Å². The van der Waals surface area contributed by atoms with Gasteiger partial charge in [-0.15, -0.1) is 5.53 Å². The van der Waals surface area contributed by atoms with Gasteiger partial charge in [0, 0.05) is 29.5 Å². The first kappa shape index (κ1) is 27.8. The summed E-state index contributed by atoms with van der Waals surface area (Å²) >= 11 is 6.67. The van der Waals surface area contributed by atoms with E-state index in [2.05, 4.69) is 37.6 Å². The molecule has 0 spiro atoms. The normalized spacial score (nSPS) is 13.3. The van der Waals surface area contributed by atoms with Crippen molar-refractivity contribution in [3.8, 4) is 6.07 Å². The van der Waals surface area contributed by atoms with E-state index in [1.165, 1.54) is 18.3 Å². The molecule has 1 aliphatic rings. The average molecular weight is 599 g/mol. The van der Waals surface area contributed by atoms with Crippen LogP contribution in [0.15, 0.2) is 97.1 Å². The molecular weight excluding hydrogens is 577 g/mol. The highest BCUT2D eigenvalue weighted by molar-refractivity contribution is 6.36. The highest BCUT2D eigenvalue weighted by Gasteiger charge is 2.24. The number of hydrogen-bond donors (Lipinski definition) is 4. The quantitative estimate of drug-likeness (QED) is 0.144. The maximum absolute atomic E-state index is 13.9. The van der Waals surface area contributed by atoms with Gasteiger partial charge in [0.05, 0.1) is 52.0 Å². The second-order valence-electron chi connectivity index (χ2n) is 9.70. The van der Waals surface area contributed by atoms with Crippen molar-refractivity contribution in [2.75, 3.05) is 10.6 Å². The zero-order valence-corrected chi connectivity index (χ0v) is 23.0. The van der Waals surface area contributed by atoms with E-state index in [-0.39, 0.29) is 27.8 Å². The summed E-state index contributed by atoms with van der Waals surface area (Å²) in [4.78, 5) is 7.76. The number of rotatable bonds is 8. The SMILES string of the molecule is N#Cc1cnc2c(Cl)cc(NC(C3=CN(Cc4ccccc4)NN3)c3ccc(F)cc3)cc2c1Nc1cnc(F)c(F)c1. The third-order valence-corrected chi connectivity index (χ3v) is 7.06. The number of nitrogens with one attached hydrogen (secondary N) is 4. The van der Waals surface area contributed by atoms with Crippen LogP contribution in [0.5, 0.6) is 0 Å². The highest BCUT2D eigenvalue weighted by Crippen LogP contribution is 2.37. The molecule has 0 amide bonds. The van der Waals surface area contributed by atoms with Crippen LogP contribution >= 0.6 is 11.6 Å². The molecule has 0 bridgehead atoms. The van der Waals surface area contributed by atoms with Gasteiger partial charge in [-0.2, -0.15) is 9.65 Å². The predicted molar refractivity (Wildman–Crippen MR) is 158 cm³/mol. The second-order valence-corrected chi connectivity index (χ2v) is 10.1. The van der Waals surface area contributed by atoms with Crippen molar-refractivity contribution in [2.24, 2.45) is 0 Å². The Morgan fingerprint density at radius 1 is 0.953 bits per heavy atom. The smallest absolute Gasteiger partial charge is 0.249 e. The Morgan fingerprint density at radius 3 is 2.49 bits per heavy atom. The van der Waals surface area contributed by atoms with Crippen LogP contribution in [0, 0.1) is 28.9 Å². The first-order valence-corrected chi connectivity index (χ1v) is 13.4. The van der Waals surface area contributed by atoms with Gasteiger partial charge < -0.3 is 16.1 Å². The summed E-state index contributed by atoms with van der Waals surface area (Å²) in [6, 6.07) is 22.0. The molecule has 0 radical (unpaired) electrons. The molecule has 8 nitrogen and oxygen atoms in total. The van der Waals surface area contributed by atoms with E-state index >= 15 is 0 Å². The fourth-order valence-corrected chi connectivity index (χ4v) is 5.01. The Bertz CT molecular complexity index is 1880. The molecule has 214 valence electrons. The topological polar surface area (TPSA) is 101 Å². The summed E-state index contributed by atoms with van der Waals surface area (Å²) in [7, 11) is 0. The molecule has 5 aromatic rings. The molecule has 1 unspecified atom stereocenters. The summed E-state index contributed by atoms with van der Waals surface area (Å²) in [6.07, 6.45) is 4.38. The lowest BCUT2D eigenvalue weighted by atomic mass is 10.0. The van der Waals surface area contributed by atoms with Crippen LogP contribution in [0.1, 0.15) is 22.7 Å². The Kier molecular flexibility index (Phi) is 7.70. The number of hydrazine groups is 2. The van der Waals surface area contributed by atoms with Crippen molar-refractivity contribution < 1.29 is 13.2 Å². The zero-order valence-electron chi connectivity index (χ0n) is 22.2. The van der Waals surface area contributed by atoms with Crippen LogP contribution in [-0.2, 0) is 6.54 Å². The second kappa shape index (κ2) is 11.9. The fraction of sp³-hybridized carbons (Fsp3) is 0.0645. The first-order chi connectivity index (χ1) is 20.9. The van der Waals surface area contributed by atoms with Gasteiger partial charge in [-0.3, -0.25) is 9.99 Å². The van der Waals surface area contributed by atoms with E-state index in [0.717, 1.165) is 29.1 Å². The minimum atomic E-state index is -1.24. The predicted octanol–water partition coefficient (Wildman–Crippen LogP) is 6.84. The van der Waals surface area contributed by atoms with Crippen molar-refractivity contribution in [2.45, 2.75) is 12.6 Å². The first-order valence-electron chi connectivity index (χ1n) is 13.0. The summed E-state index contributed by atoms with van der Waals surface area (Å²) in [5.74, 6) is -2.75. The molecule has 2 aromatic heterocycles. The maximum atomic E-state index is 13.9. The number of fused-ring (bicyclic) bond motifs is 1. The number of nitrogens with zero attached hydrogens (tertiary/aromatic N) is 4. The number of aromatic nitrogens is 2. The molecule has 0 aliphatic carbocycles.